The molecule has 1 saturated carbocycles. The molecule has 2 aromatic carbocycles. The molecule has 1 fully saturated rings. The van der Waals surface area contributed by atoms with E-state index in [1.165, 1.54) is 54.4 Å². The summed E-state index contributed by atoms with van der Waals surface area (Å²) in [5.41, 5.74) is 5.22. The molecule has 138 valence electrons. The van der Waals surface area contributed by atoms with E-state index in [1.54, 1.807) is 7.11 Å². The summed E-state index contributed by atoms with van der Waals surface area (Å²) < 4.78 is 11.3. The van der Waals surface area contributed by atoms with Gasteiger partial charge in [0.2, 0.25) is 0 Å². The SMILES string of the molecule is COCCCCCCOC(=C1CCC1)c1ccc(-c2ccccc2)cc1. The number of allylic oxidation sites excluding steroid dienone is 1. The van der Waals surface area contributed by atoms with E-state index < -0.39 is 0 Å². The van der Waals surface area contributed by atoms with E-state index in [-0.39, 0.29) is 0 Å². The standard InChI is InChI=1S/C24H30O2/c1-25-18-7-2-3-8-19-26-24(22-12-9-13-22)23-16-14-21(15-17-23)20-10-5-4-6-11-20/h4-6,10-11,14-17H,2-3,7-9,12-13,18-19H2,1H3. The smallest absolute Gasteiger partial charge is 0.125 e. The Bertz CT molecular complexity index is 680. The van der Waals surface area contributed by atoms with Crippen LogP contribution in [0.25, 0.3) is 16.9 Å². The average Bonchev–Trinajstić information content (AvgIpc) is 2.66. The highest BCUT2D eigenvalue weighted by Gasteiger charge is 2.17. The number of rotatable bonds is 10. The first-order valence-electron chi connectivity index (χ1n) is 9.88. The van der Waals surface area contributed by atoms with Crippen molar-refractivity contribution in [3.63, 3.8) is 0 Å². The predicted octanol–water partition coefficient (Wildman–Crippen LogP) is 6.47. The van der Waals surface area contributed by atoms with Gasteiger partial charge in [-0.05, 0) is 55.2 Å². The second-order valence-corrected chi connectivity index (χ2v) is 6.99. The second-order valence-electron chi connectivity index (χ2n) is 6.99. The number of hydrogen-bond donors (Lipinski definition) is 0. The maximum absolute atomic E-state index is 6.23. The van der Waals surface area contributed by atoms with E-state index in [4.69, 9.17) is 9.47 Å². The van der Waals surface area contributed by atoms with Crippen LogP contribution >= 0.6 is 0 Å². The molecule has 3 rings (SSSR count). The number of ether oxygens (including phenoxy) is 2. The third-order valence-electron chi connectivity index (χ3n) is 5.02. The molecule has 0 amide bonds. The van der Waals surface area contributed by atoms with Gasteiger partial charge in [0, 0.05) is 19.3 Å². The summed E-state index contributed by atoms with van der Waals surface area (Å²) in [4.78, 5) is 0. The Hall–Kier alpha value is -2.06. The fourth-order valence-corrected chi connectivity index (χ4v) is 3.29. The number of hydrogen-bond acceptors (Lipinski definition) is 2. The summed E-state index contributed by atoms with van der Waals surface area (Å²) >= 11 is 0. The Labute approximate surface area is 157 Å². The van der Waals surface area contributed by atoms with Crippen LogP contribution in [0.1, 0.15) is 50.5 Å². The van der Waals surface area contributed by atoms with E-state index in [0.29, 0.717) is 0 Å². The third-order valence-corrected chi connectivity index (χ3v) is 5.02. The van der Waals surface area contributed by atoms with Crippen LogP contribution in [0.4, 0.5) is 0 Å². The van der Waals surface area contributed by atoms with Crippen LogP contribution in [0.3, 0.4) is 0 Å². The van der Waals surface area contributed by atoms with Gasteiger partial charge in [-0.1, -0.05) is 61.0 Å². The molecule has 2 aromatic rings. The topological polar surface area (TPSA) is 18.5 Å². The van der Waals surface area contributed by atoms with Gasteiger partial charge in [0.25, 0.3) is 0 Å². The number of benzene rings is 2. The van der Waals surface area contributed by atoms with E-state index >= 15 is 0 Å². The minimum Gasteiger partial charge on any atom is -0.493 e. The zero-order valence-corrected chi connectivity index (χ0v) is 15.9. The highest BCUT2D eigenvalue weighted by molar-refractivity contribution is 5.69. The first-order valence-corrected chi connectivity index (χ1v) is 9.88. The van der Waals surface area contributed by atoms with Crippen LogP contribution in [0, 0.1) is 0 Å². The minimum absolute atomic E-state index is 0.812. The quantitative estimate of drug-likeness (QED) is 0.361. The molecule has 0 aliphatic heterocycles. The highest BCUT2D eigenvalue weighted by atomic mass is 16.5. The fraction of sp³-hybridized carbons (Fsp3) is 0.417. The zero-order valence-electron chi connectivity index (χ0n) is 15.9. The summed E-state index contributed by atoms with van der Waals surface area (Å²) in [6, 6.07) is 19.4. The Morgan fingerprint density at radius 3 is 2.04 bits per heavy atom. The Morgan fingerprint density at radius 2 is 1.42 bits per heavy atom. The summed E-state index contributed by atoms with van der Waals surface area (Å²) in [6.45, 7) is 1.68. The molecule has 0 aromatic heterocycles. The summed E-state index contributed by atoms with van der Waals surface area (Å²) in [7, 11) is 1.77. The van der Waals surface area contributed by atoms with Gasteiger partial charge in [-0.25, -0.2) is 0 Å². The highest BCUT2D eigenvalue weighted by Crippen LogP contribution is 2.35. The van der Waals surface area contributed by atoms with Gasteiger partial charge >= 0.3 is 0 Å². The summed E-state index contributed by atoms with van der Waals surface area (Å²) in [6.07, 6.45) is 8.34. The zero-order chi connectivity index (χ0) is 18.0. The Morgan fingerprint density at radius 1 is 0.769 bits per heavy atom. The molecule has 0 N–H and O–H groups in total. The van der Waals surface area contributed by atoms with Crippen molar-refractivity contribution in [3.05, 3.63) is 65.7 Å². The van der Waals surface area contributed by atoms with Gasteiger partial charge in [-0.15, -0.1) is 0 Å². The first-order chi connectivity index (χ1) is 12.9. The monoisotopic (exact) mass is 350 g/mol. The molecule has 0 radical (unpaired) electrons. The molecule has 0 spiro atoms. The predicted molar refractivity (Wildman–Crippen MR) is 109 cm³/mol. The van der Waals surface area contributed by atoms with Crippen molar-refractivity contribution in [1.82, 2.24) is 0 Å². The van der Waals surface area contributed by atoms with Crippen LogP contribution in [0.2, 0.25) is 0 Å². The summed E-state index contributed by atoms with van der Waals surface area (Å²) in [5, 5.41) is 0. The van der Waals surface area contributed by atoms with Crippen LogP contribution in [0.5, 0.6) is 0 Å². The van der Waals surface area contributed by atoms with Crippen LogP contribution < -0.4 is 0 Å². The molecular formula is C24H30O2. The molecule has 2 nitrogen and oxygen atoms in total. The average molecular weight is 351 g/mol. The van der Waals surface area contributed by atoms with E-state index in [0.717, 1.165) is 31.8 Å². The Kier molecular flexibility index (Phi) is 7.33. The molecule has 0 atom stereocenters. The number of unbranched alkanes of at least 4 members (excludes halogenated alkanes) is 3. The molecule has 2 heteroatoms. The normalized spacial score (nSPS) is 13.3. The van der Waals surface area contributed by atoms with Crippen LogP contribution in [-0.4, -0.2) is 20.3 Å². The van der Waals surface area contributed by atoms with Crippen molar-refractivity contribution in [3.8, 4) is 11.1 Å². The van der Waals surface area contributed by atoms with Gasteiger partial charge in [-0.2, -0.15) is 0 Å². The molecule has 0 heterocycles. The van der Waals surface area contributed by atoms with Gasteiger partial charge in [0.15, 0.2) is 0 Å². The van der Waals surface area contributed by atoms with Crippen molar-refractivity contribution >= 4 is 5.76 Å². The van der Waals surface area contributed by atoms with E-state index in [1.807, 2.05) is 0 Å². The lowest BCUT2D eigenvalue weighted by Gasteiger charge is -2.23. The van der Waals surface area contributed by atoms with Crippen molar-refractivity contribution in [2.45, 2.75) is 44.9 Å². The van der Waals surface area contributed by atoms with Gasteiger partial charge in [0.05, 0.1) is 6.61 Å². The van der Waals surface area contributed by atoms with Gasteiger partial charge in [-0.3, -0.25) is 0 Å². The lowest BCUT2D eigenvalue weighted by molar-refractivity contribution is 0.190. The van der Waals surface area contributed by atoms with Crippen molar-refractivity contribution in [2.24, 2.45) is 0 Å². The van der Waals surface area contributed by atoms with Crippen molar-refractivity contribution in [2.75, 3.05) is 20.3 Å². The maximum Gasteiger partial charge on any atom is 0.125 e. The third kappa shape index (κ3) is 5.22. The Balaban J connectivity index is 1.58. The lowest BCUT2D eigenvalue weighted by Crippen LogP contribution is -2.05. The maximum atomic E-state index is 6.23. The molecule has 0 bridgehead atoms. The van der Waals surface area contributed by atoms with Crippen molar-refractivity contribution < 1.29 is 9.47 Å². The van der Waals surface area contributed by atoms with Crippen LogP contribution in [-0.2, 0) is 9.47 Å². The first kappa shape index (κ1) is 18.7. The molecule has 1 aliphatic carbocycles. The lowest BCUT2D eigenvalue weighted by atomic mass is 9.89. The van der Waals surface area contributed by atoms with Crippen molar-refractivity contribution in [1.29, 1.82) is 0 Å². The molecule has 0 saturated heterocycles. The molecule has 1 aliphatic rings. The minimum atomic E-state index is 0.812. The molecular weight excluding hydrogens is 320 g/mol. The summed E-state index contributed by atoms with van der Waals surface area (Å²) in [5.74, 6) is 1.13. The van der Waals surface area contributed by atoms with Crippen LogP contribution in [0.15, 0.2) is 60.2 Å². The number of methoxy groups -OCH3 is 1. The van der Waals surface area contributed by atoms with Gasteiger partial charge in [0.1, 0.15) is 5.76 Å². The molecule has 0 unspecified atom stereocenters. The largest absolute Gasteiger partial charge is 0.493 e. The van der Waals surface area contributed by atoms with Gasteiger partial charge < -0.3 is 9.47 Å². The van der Waals surface area contributed by atoms with E-state index in [2.05, 4.69) is 54.6 Å². The fourth-order valence-electron chi connectivity index (χ4n) is 3.29. The molecule has 26 heavy (non-hydrogen) atoms. The van der Waals surface area contributed by atoms with E-state index in [9.17, 15) is 0 Å². The second kappa shape index (κ2) is 10.2.